The molecule has 1 aromatic heterocycles. The Balaban J connectivity index is 3.28. The number of nitrogens with one attached hydrogen (secondary N) is 2. The van der Waals surface area contributed by atoms with Gasteiger partial charge in [-0.15, -0.1) is 0 Å². The van der Waals surface area contributed by atoms with E-state index in [1.165, 1.54) is 12.1 Å². The first-order valence-electron chi connectivity index (χ1n) is 4.30. The zero-order chi connectivity index (χ0) is 11.7. The topological polar surface area (TPSA) is 108 Å². The highest BCUT2D eigenvalue weighted by molar-refractivity contribution is 5.78. The molecule has 0 spiro atoms. The van der Waals surface area contributed by atoms with Crippen LogP contribution in [0.25, 0.3) is 10.8 Å². The monoisotopic (exact) mass is 218 g/mol. The molecule has 2 N–H and O–H groups in total. The molecule has 1 aromatic carbocycles. The summed E-state index contributed by atoms with van der Waals surface area (Å²) in [5, 5.41) is 15.4. The zero-order valence-corrected chi connectivity index (χ0v) is 7.94. The second-order valence-corrected chi connectivity index (χ2v) is 2.98. The predicted molar refractivity (Wildman–Crippen MR) is 52.7 cm³/mol. The highest BCUT2D eigenvalue weighted by Gasteiger charge is 2.01. The first-order chi connectivity index (χ1) is 7.59. The summed E-state index contributed by atoms with van der Waals surface area (Å²) in [6.07, 6.45) is 0. The van der Waals surface area contributed by atoms with Crippen LogP contribution in [0.2, 0.25) is 0 Å². The van der Waals surface area contributed by atoms with E-state index in [0.29, 0.717) is 0 Å². The van der Waals surface area contributed by atoms with Crippen LogP contribution in [0.3, 0.4) is 0 Å². The average Bonchev–Trinajstić information content (AvgIpc) is 2.27. The minimum Gasteiger partial charge on any atom is -0.399 e. The van der Waals surface area contributed by atoms with Gasteiger partial charge in [-0.1, -0.05) is 12.1 Å². The van der Waals surface area contributed by atoms with Gasteiger partial charge in [0.25, 0.3) is 0 Å². The van der Waals surface area contributed by atoms with Gasteiger partial charge in [0, 0.05) is 10.8 Å². The van der Waals surface area contributed by atoms with E-state index in [0.717, 1.165) is 0 Å². The lowest BCUT2D eigenvalue weighted by Gasteiger charge is -1.91. The van der Waals surface area contributed by atoms with E-state index in [1.807, 2.05) is 0 Å². The Morgan fingerprint density at radius 2 is 1.19 bits per heavy atom. The molecule has 0 saturated carbocycles. The minimum absolute atomic E-state index is 0.230. The van der Waals surface area contributed by atoms with Crippen molar-refractivity contribution in [2.45, 2.75) is 0 Å². The fourth-order valence-electron chi connectivity index (χ4n) is 1.26. The normalized spacial score (nSPS) is 10.2. The maximum atomic E-state index is 11.0. The van der Waals surface area contributed by atoms with Crippen molar-refractivity contribution in [1.29, 1.82) is 10.8 Å². The molecule has 6 nitrogen and oxygen atoms in total. The molecular weight excluding hydrogens is 212 g/mol. The van der Waals surface area contributed by atoms with E-state index in [2.05, 4.69) is 8.83 Å². The molecule has 0 aliphatic heterocycles. The van der Waals surface area contributed by atoms with Crippen LogP contribution in [-0.2, 0) is 0 Å². The van der Waals surface area contributed by atoms with Crippen molar-refractivity contribution in [3.8, 4) is 0 Å². The van der Waals surface area contributed by atoms with Gasteiger partial charge in [-0.25, -0.2) is 9.59 Å². The van der Waals surface area contributed by atoms with E-state index in [1.54, 1.807) is 12.1 Å². The van der Waals surface area contributed by atoms with Crippen LogP contribution in [0.1, 0.15) is 0 Å². The highest BCUT2D eigenvalue weighted by Crippen LogP contribution is 2.00. The molecule has 0 unspecified atom stereocenters. The Bertz CT molecular complexity index is 721. The van der Waals surface area contributed by atoms with Crippen LogP contribution in [0, 0.1) is 10.8 Å². The van der Waals surface area contributed by atoms with E-state index in [4.69, 9.17) is 10.8 Å². The molecular formula is C10H6N2O4. The molecule has 2 aromatic rings. The van der Waals surface area contributed by atoms with E-state index < -0.39 is 22.4 Å². The molecule has 1 heterocycles. The van der Waals surface area contributed by atoms with Gasteiger partial charge in [-0.3, -0.25) is 10.8 Å². The quantitative estimate of drug-likeness (QED) is 0.592. The zero-order valence-electron chi connectivity index (χ0n) is 7.94. The number of benzene rings is 1. The number of hydrogen-bond acceptors (Lipinski definition) is 6. The summed E-state index contributed by atoms with van der Waals surface area (Å²) in [6, 6.07) is 6.24. The molecule has 2 rings (SSSR count). The van der Waals surface area contributed by atoms with Crippen molar-refractivity contribution in [3.05, 3.63) is 56.2 Å². The lowest BCUT2D eigenvalue weighted by Crippen LogP contribution is -2.27. The van der Waals surface area contributed by atoms with Crippen LogP contribution in [-0.4, -0.2) is 0 Å². The lowest BCUT2D eigenvalue weighted by molar-refractivity contribution is 0.389. The summed E-state index contributed by atoms with van der Waals surface area (Å²) in [7, 11) is 0. The summed E-state index contributed by atoms with van der Waals surface area (Å²) in [5.41, 5.74) is -3.54. The number of fused-ring (bicyclic) bond motifs is 1. The second kappa shape index (κ2) is 3.58. The van der Waals surface area contributed by atoms with Crippen LogP contribution in [0.4, 0.5) is 0 Å². The molecule has 0 atom stereocenters. The SMILES string of the molecule is N=c1oc(=O)c(=O)oc(=N)c2ccccc12. The molecule has 0 fully saturated rings. The van der Waals surface area contributed by atoms with Gasteiger partial charge in [0.1, 0.15) is 0 Å². The number of rotatable bonds is 0. The van der Waals surface area contributed by atoms with E-state index in [-0.39, 0.29) is 10.8 Å². The molecule has 80 valence electrons. The van der Waals surface area contributed by atoms with Gasteiger partial charge >= 0.3 is 11.3 Å². The Morgan fingerprint density at radius 1 is 0.812 bits per heavy atom. The fraction of sp³-hybridized carbons (Fsp3) is 0. The summed E-state index contributed by atoms with van der Waals surface area (Å²) in [5.74, 6) is 0. The molecule has 0 amide bonds. The van der Waals surface area contributed by atoms with Crippen LogP contribution >= 0.6 is 0 Å². The van der Waals surface area contributed by atoms with Crippen molar-refractivity contribution in [2.24, 2.45) is 0 Å². The van der Waals surface area contributed by atoms with Gasteiger partial charge in [-0.05, 0) is 12.1 Å². The third-order valence-corrected chi connectivity index (χ3v) is 1.97. The summed E-state index contributed by atoms with van der Waals surface area (Å²) < 4.78 is 8.90. The molecule has 16 heavy (non-hydrogen) atoms. The third kappa shape index (κ3) is 1.56. The maximum absolute atomic E-state index is 11.0. The van der Waals surface area contributed by atoms with Gasteiger partial charge in [0.15, 0.2) is 0 Å². The van der Waals surface area contributed by atoms with Crippen LogP contribution < -0.4 is 22.4 Å². The Labute approximate surface area is 87.4 Å². The first kappa shape index (κ1) is 10.0. The number of hydrogen-bond donors (Lipinski definition) is 2. The van der Waals surface area contributed by atoms with Crippen molar-refractivity contribution < 1.29 is 8.83 Å². The fourth-order valence-corrected chi connectivity index (χ4v) is 1.26. The lowest BCUT2D eigenvalue weighted by atomic mass is 10.2. The smallest absolute Gasteiger partial charge is 0.399 e. The Hall–Kier alpha value is -2.50. The van der Waals surface area contributed by atoms with Gasteiger partial charge < -0.3 is 8.83 Å². The Morgan fingerprint density at radius 3 is 1.56 bits per heavy atom. The van der Waals surface area contributed by atoms with Crippen molar-refractivity contribution in [1.82, 2.24) is 0 Å². The van der Waals surface area contributed by atoms with Crippen molar-refractivity contribution in [3.63, 3.8) is 0 Å². The summed E-state index contributed by atoms with van der Waals surface area (Å²) in [4.78, 5) is 22.0. The van der Waals surface area contributed by atoms with Crippen molar-refractivity contribution >= 4 is 10.8 Å². The molecule has 0 radical (unpaired) electrons. The van der Waals surface area contributed by atoms with Gasteiger partial charge in [-0.2, -0.15) is 0 Å². The molecule has 6 heteroatoms. The first-order valence-corrected chi connectivity index (χ1v) is 4.30. The average molecular weight is 218 g/mol. The predicted octanol–water partition coefficient (Wildman–Crippen LogP) is -0.295. The largest absolute Gasteiger partial charge is 0.424 e. The van der Waals surface area contributed by atoms with E-state index in [9.17, 15) is 9.59 Å². The standard InChI is InChI=1S/C10H6N2O4/c11-7-5-3-1-2-4-6(5)8(12)16-10(14)9(13)15-7/h1-4,11-12H. The summed E-state index contributed by atoms with van der Waals surface area (Å²) in [6.45, 7) is 0. The maximum Gasteiger partial charge on any atom is 0.424 e. The van der Waals surface area contributed by atoms with Crippen LogP contribution in [0.5, 0.6) is 0 Å². The molecule has 0 bridgehead atoms. The Kier molecular flexibility index (Phi) is 2.24. The highest BCUT2D eigenvalue weighted by atomic mass is 16.4. The van der Waals surface area contributed by atoms with Crippen LogP contribution in [0.15, 0.2) is 42.7 Å². The molecule has 0 aliphatic rings. The van der Waals surface area contributed by atoms with Gasteiger partial charge in [0.05, 0.1) is 0 Å². The van der Waals surface area contributed by atoms with Crippen molar-refractivity contribution in [2.75, 3.05) is 0 Å². The second-order valence-electron chi connectivity index (χ2n) is 2.98. The van der Waals surface area contributed by atoms with Gasteiger partial charge in [0.2, 0.25) is 11.1 Å². The third-order valence-electron chi connectivity index (χ3n) is 1.97. The van der Waals surface area contributed by atoms with E-state index >= 15 is 0 Å². The summed E-state index contributed by atoms with van der Waals surface area (Å²) >= 11 is 0. The molecule has 0 aliphatic carbocycles. The minimum atomic E-state index is -1.30. The molecule has 0 saturated heterocycles.